The molecule has 0 aromatic heterocycles. The summed E-state index contributed by atoms with van der Waals surface area (Å²) < 4.78 is 0. The van der Waals surface area contributed by atoms with Gasteiger partial charge < -0.3 is 5.32 Å². The molecule has 1 saturated heterocycles. The number of amides is 1. The van der Waals surface area contributed by atoms with Gasteiger partial charge in [0.25, 0.3) is 5.91 Å². The monoisotopic (exact) mass is 370 g/mol. The van der Waals surface area contributed by atoms with Crippen molar-refractivity contribution in [1.82, 2.24) is 10.2 Å². The Morgan fingerprint density at radius 2 is 1.64 bits per heavy atom. The smallest absolute Gasteiger partial charge is 0.251 e. The maximum absolute atomic E-state index is 12.6. The summed E-state index contributed by atoms with van der Waals surface area (Å²) in [5, 5.41) is 5.49. The van der Waals surface area contributed by atoms with Crippen LogP contribution in [0.1, 0.15) is 28.8 Å². The molecule has 1 fully saturated rings. The van der Waals surface area contributed by atoms with E-state index in [1.807, 2.05) is 42.5 Å². The SMILES string of the molecule is O=C(NC1CCN(C/C=C/c2ccccc2)CC1)c1ccc2ccccc2c1. The normalized spacial score (nSPS) is 15.9. The molecule has 0 unspecified atom stereocenters. The first-order chi connectivity index (χ1) is 13.8. The summed E-state index contributed by atoms with van der Waals surface area (Å²) in [5.74, 6) is 0.0353. The van der Waals surface area contributed by atoms with Gasteiger partial charge in [-0.1, -0.05) is 72.8 Å². The number of likely N-dealkylation sites (tertiary alicyclic amines) is 1. The molecule has 1 amide bonds. The molecule has 0 spiro atoms. The number of carbonyl (C=O) groups is 1. The van der Waals surface area contributed by atoms with E-state index in [9.17, 15) is 4.79 Å². The fourth-order valence-corrected chi connectivity index (χ4v) is 3.76. The zero-order valence-electron chi connectivity index (χ0n) is 16.1. The molecular weight excluding hydrogens is 344 g/mol. The van der Waals surface area contributed by atoms with Crippen LogP contribution in [0.5, 0.6) is 0 Å². The van der Waals surface area contributed by atoms with E-state index in [1.165, 1.54) is 5.56 Å². The van der Waals surface area contributed by atoms with Gasteiger partial charge in [0, 0.05) is 31.2 Å². The molecule has 1 aliphatic rings. The number of benzene rings is 3. The Kier molecular flexibility index (Phi) is 5.83. The maximum Gasteiger partial charge on any atom is 0.251 e. The zero-order chi connectivity index (χ0) is 19.2. The van der Waals surface area contributed by atoms with Crippen LogP contribution in [0.2, 0.25) is 0 Å². The van der Waals surface area contributed by atoms with Crippen molar-refractivity contribution in [2.75, 3.05) is 19.6 Å². The lowest BCUT2D eigenvalue weighted by Gasteiger charge is -2.31. The number of carbonyl (C=O) groups excluding carboxylic acids is 1. The number of nitrogens with one attached hydrogen (secondary N) is 1. The number of fused-ring (bicyclic) bond motifs is 1. The van der Waals surface area contributed by atoms with E-state index in [0.717, 1.165) is 48.8 Å². The lowest BCUT2D eigenvalue weighted by molar-refractivity contribution is 0.0914. The van der Waals surface area contributed by atoms with Crippen molar-refractivity contribution >= 4 is 22.8 Å². The Morgan fingerprint density at radius 1 is 0.929 bits per heavy atom. The minimum absolute atomic E-state index is 0.0353. The van der Waals surface area contributed by atoms with Crippen molar-refractivity contribution in [1.29, 1.82) is 0 Å². The van der Waals surface area contributed by atoms with Gasteiger partial charge in [-0.3, -0.25) is 9.69 Å². The molecule has 142 valence electrons. The van der Waals surface area contributed by atoms with E-state index < -0.39 is 0 Å². The van der Waals surface area contributed by atoms with Gasteiger partial charge in [0.15, 0.2) is 0 Å². The predicted octanol–water partition coefficient (Wildman–Crippen LogP) is 4.75. The maximum atomic E-state index is 12.6. The second-order valence-corrected chi connectivity index (χ2v) is 7.42. The van der Waals surface area contributed by atoms with Crippen LogP contribution in [0.4, 0.5) is 0 Å². The lowest BCUT2D eigenvalue weighted by atomic mass is 10.0. The molecule has 1 N–H and O–H groups in total. The van der Waals surface area contributed by atoms with Crippen molar-refractivity contribution in [2.24, 2.45) is 0 Å². The van der Waals surface area contributed by atoms with Gasteiger partial charge in [-0.2, -0.15) is 0 Å². The van der Waals surface area contributed by atoms with E-state index in [0.29, 0.717) is 0 Å². The summed E-state index contributed by atoms with van der Waals surface area (Å²) >= 11 is 0. The fraction of sp³-hybridized carbons (Fsp3) is 0.240. The van der Waals surface area contributed by atoms with Crippen molar-refractivity contribution in [3.8, 4) is 0 Å². The van der Waals surface area contributed by atoms with Crippen molar-refractivity contribution in [3.05, 3.63) is 90.0 Å². The summed E-state index contributed by atoms with van der Waals surface area (Å²) in [7, 11) is 0. The van der Waals surface area contributed by atoms with Crippen LogP contribution >= 0.6 is 0 Å². The molecule has 3 heteroatoms. The second-order valence-electron chi connectivity index (χ2n) is 7.42. The number of piperidine rings is 1. The standard InChI is InChI=1S/C25H26N2O/c28-25(23-13-12-21-10-4-5-11-22(21)19-23)26-24-14-17-27(18-15-24)16-6-9-20-7-2-1-3-8-20/h1-13,19,24H,14-18H2,(H,26,28)/b9-6+. The number of hydrogen-bond donors (Lipinski definition) is 1. The van der Waals surface area contributed by atoms with Crippen LogP contribution in [0, 0.1) is 0 Å². The molecular formula is C25H26N2O. The molecule has 3 aromatic rings. The molecule has 1 aliphatic heterocycles. The number of hydrogen-bond acceptors (Lipinski definition) is 2. The zero-order valence-corrected chi connectivity index (χ0v) is 16.1. The Hall–Kier alpha value is -2.91. The van der Waals surface area contributed by atoms with Gasteiger partial charge in [-0.15, -0.1) is 0 Å². The van der Waals surface area contributed by atoms with Crippen LogP contribution in [-0.2, 0) is 0 Å². The first-order valence-electron chi connectivity index (χ1n) is 10.0. The third-order valence-corrected chi connectivity index (χ3v) is 5.41. The summed E-state index contributed by atoms with van der Waals surface area (Å²) in [5.41, 5.74) is 1.98. The van der Waals surface area contributed by atoms with Gasteiger partial charge in [-0.05, 0) is 41.3 Å². The summed E-state index contributed by atoms with van der Waals surface area (Å²) in [6.45, 7) is 2.99. The summed E-state index contributed by atoms with van der Waals surface area (Å²) in [6, 6.07) is 24.7. The molecule has 0 atom stereocenters. The molecule has 0 bridgehead atoms. The highest BCUT2D eigenvalue weighted by molar-refractivity contribution is 5.98. The van der Waals surface area contributed by atoms with Crippen molar-refractivity contribution in [3.63, 3.8) is 0 Å². The van der Waals surface area contributed by atoms with E-state index in [4.69, 9.17) is 0 Å². The third-order valence-electron chi connectivity index (χ3n) is 5.41. The van der Waals surface area contributed by atoms with Crippen LogP contribution in [0.3, 0.4) is 0 Å². The molecule has 0 saturated carbocycles. The third kappa shape index (κ3) is 4.68. The highest BCUT2D eigenvalue weighted by Gasteiger charge is 2.20. The average molecular weight is 370 g/mol. The van der Waals surface area contributed by atoms with Crippen LogP contribution in [0.25, 0.3) is 16.8 Å². The quantitative estimate of drug-likeness (QED) is 0.703. The van der Waals surface area contributed by atoms with Crippen LogP contribution < -0.4 is 5.32 Å². The van der Waals surface area contributed by atoms with E-state index in [-0.39, 0.29) is 11.9 Å². The molecule has 0 radical (unpaired) electrons. The first-order valence-corrected chi connectivity index (χ1v) is 10.0. The van der Waals surface area contributed by atoms with Gasteiger partial charge >= 0.3 is 0 Å². The first kappa shape index (κ1) is 18.5. The number of nitrogens with zero attached hydrogens (tertiary/aromatic N) is 1. The highest BCUT2D eigenvalue weighted by atomic mass is 16.1. The summed E-state index contributed by atoms with van der Waals surface area (Å²) in [4.78, 5) is 15.1. The van der Waals surface area contributed by atoms with E-state index >= 15 is 0 Å². The Morgan fingerprint density at radius 3 is 2.43 bits per heavy atom. The van der Waals surface area contributed by atoms with Gasteiger partial charge in [-0.25, -0.2) is 0 Å². The van der Waals surface area contributed by atoms with Crippen LogP contribution in [-0.4, -0.2) is 36.5 Å². The Labute approximate surface area is 166 Å². The minimum Gasteiger partial charge on any atom is -0.349 e. The summed E-state index contributed by atoms with van der Waals surface area (Å²) in [6.07, 6.45) is 6.40. The van der Waals surface area contributed by atoms with E-state index in [1.54, 1.807) is 0 Å². The molecule has 4 rings (SSSR count). The minimum atomic E-state index is 0.0353. The average Bonchev–Trinajstić information content (AvgIpc) is 2.75. The van der Waals surface area contributed by atoms with Gasteiger partial charge in [0.05, 0.1) is 0 Å². The molecule has 0 aliphatic carbocycles. The van der Waals surface area contributed by atoms with Gasteiger partial charge in [0.1, 0.15) is 0 Å². The van der Waals surface area contributed by atoms with Crippen LogP contribution in [0.15, 0.2) is 78.9 Å². The second kappa shape index (κ2) is 8.85. The lowest BCUT2D eigenvalue weighted by Crippen LogP contribution is -2.44. The van der Waals surface area contributed by atoms with E-state index in [2.05, 4.69) is 52.7 Å². The van der Waals surface area contributed by atoms with Crippen molar-refractivity contribution in [2.45, 2.75) is 18.9 Å². The van der Waals surface area contributed by atoms with Gasteiger partial charge in [0.2, 0.25) is 0 Å². The van der Waals surface area contributed by atoms with Crippen molar-refractivity contribution < 1.29 is 4.79 Å². The highest BCUT2D eigenvalue weighted by Crippen LogP contribution is 2.17. The molecule has 28 heavy (non-hydrogen) atoms. The Balaban J connectivity index is 1.26. The molecule has 1 heterocycles. The molecule has 3 nitrogen and oxygen atoms in total. The largest absolute Gasteiger partial charge is 0.349 e. The fourth-order valence-electron chi connectivity index (χ4n) is 3.76. The topological polar surface area (TPSA) is 32.3 Å². The Bertz CT molecular complexity index is 956. The predicted molar refractivity (Wildman–Crippen MR) is 116 cm³/mol. The molecule has 3 aromatic carbocycles. The number of rotatable bonds is 5.